The maximum atomic E-state index is 12.1. The number of nitrogens with one attached hydrogen (secondary N) is 2. The van der Waals surface area contributed by atoms with E-state index in [0.29, 0.717) is 25.7 Å². The molecule has 0 spiro atoms. The van der Waals surface area contributed by atoms with Crippen molar-refractivity contribution in [3.05, 3.63) is 53.1 Å². The van der Waals surface area contributed by atoms with Gasteiger partial charge in [0.2, 0.25) is 11.0 Å². The Morgan fingerprint density at radius 3 is 2.68 bits per heavy atom. The number of anilines is 3. The van der Waals surface area contributed by atoms with E-state index in [1.54, 1.807) is 25.3 Å². The van der Waals surface area contributed by atoms with Gasteiger partial charge in [-0.05, 0) is 42.5 Å². The monoisotopic (exact) mass is 431 g/mol. The van der Waals surface area contributed by atoms with E-state index >= 15 is 0 Å². The molecule has 2 N–H and O–H groups in total. The Morgan fingerprint density at radius 2 is 2.00 bits per heavy atom. The third-order valence-corrected chi connectivity index (χ3v) is 5.73. The summed E-state index contributed by atoms with van der Waals surface area (Å²) in [5.41, 5.74) is 1.76. The van der Waals surface area contributed by atoms with Crippen LogP contribution >= 0.6 is 34.7 Å². The van der Waals surface area contributed by atoms with Crippen LogP contribution in [0.5, 0.6) is 5.75 Å². The summed E-state index contributed by atoms with van der Waals surface area (Å²) in [5, 5.41) is 23.8. The van der Waals surface area contributed by atoms with Crippen molar-refractivity contribution >= 4 is 57.1 Å². The lowest BCUT2D eigenvalue weighted by atomic mass is 10.2. The molecule has 1 aromatic heterocycles. The zero-order chi connectivity index (χ0) is 19.9. The van der Waals surface area contributed by atoms with E-state index in [4.69, 9.17) is 21.6 Å². The number of methoxy groups -OCH3 is 1. The van der Waals surface area contributed by atoms with Crippen molar-refractivity contribution in [1.29, 1.82) is 5.26 Å². The lowest BCUT2D eigenvalue weighted by Gasteiger charge is -2.05. The second kappa shape index (κ2) is 9.41. The first kappa shape index (κ1) is 19.9. The van der Waals surface area contributed by atoms with Gasteiger partial charge in [0.1, 0.15) is 11.8 Å². The Kier molecular flexibility index (Phi) is 6.71. The van der Waals surface area contributed by atoms with Gasteiger partial charge in [0.25, 0.3) is 0 Å². The molecule has 2 aromatic carbocycles. The Balaban J connectivity index is 1.51. The molecular formula is C18H14ClN5O2S2. The summed E-state index contributed by atoms with van der Waals surface area (Å²) in [6.45, 7) is 0. The van der Waals surface area contributed by atoms with Crippen molar-refractivity contribution < 1.29 is 9.53 Å². The normalized spacial score (nSPS) is 10.2. The number of rotatable bonds is 7. The van der Waals surface area contributed by atoms with Crippen molar-refractivity contribution in [2.24, 2.45) is 0 Å². The molecule has 0 aliphatic heterocycles. The highest BCUT2D eigenvalue weighted by molar-refractivity contribution is 8.01. The molecule has 1 amide bonds. The number of carbonyl (C=O) groups is 1. The highest BCUT2D eigenvalue weighted by atomic mass is 35.5. The summed E-state index contributed by atoms with van der Waals surface area (Å²) < 4.78 is 5.79. The summed E-state index contributed by atoms with van der Waals surface area (Å²) >= 11 is 8.60. The molecule has 0 atom stereocenters. The predicted octanol–water partition coefficient (Wildman–Crippen LogP) is 4.55. The Bertz CT molecular complexity index is 1020. The SMILES string of the molecule is COc1ccc(Nc2nnc(SCC(=O)Nc3ccc(C#N)c(Cl)c3)s2)cc1. The number of amides is 1. The lowest BCUT2D eigenvalue weighted by Crippen LogP contribution is -2.13. The van der Waals surface area contributed by atoms with E-state index in [1.807, 2.05) is 30.3 Å². The molecule has 3 aromatic rings. The topological polar surface area (TPSA) is 99.9 Å². The van der Waals surface area contributed by atoms with Gasteiger partial charge in [0, 0.05) is 11.4 Å². The fraction of sp³-hybridized carbons (Fsp3) is 0.111. The Labute approximate surface area is 174 Å². The number of hydrogen-bond acceptors (Lipinski definition) is 8. The van der Waals surface area contributed by atoms with E-state index in [2.05, 4.69) is 20.8 Å². The predicted molar refractivity (Wildman–Crippen MR) is 112 cm³/mol. The fourth-order valence-corrected chi connectivity index (χ4v) is 3.92. The standard InChI is InChI=1S/C18H14ClN5O2S2/c1-26-14-6-4-12(5-7-14)22-17-23-24-18(28-17)27-10-16(25)21-13-3-2-11(9-20)15(19)8-13/h2-8H,10H2,1H3,(H,21,25)(H,22,23). The molecule has 3 rings (SSSR count). The summed E-state index contributed by atoms with van der Waals surface area (Å²) in [7, 11) is 1.61. The van der Waals surface area contributed by atoms with Gasteiger partial charge in [-0.3, -0.25) is 4.79 Å². The smallest absolute Gasteiger partial charge is 0.234 e. The largest absolute Gasteiger partial charge is 0.497 e. The van der Waals surface area contributed by atoms with Gasteiger partial charge in [-0.25, -0.2) is 0 Å². The molecule has 0 radical (unpaired) electrons. The van der Waals surface area contributed by atoms with Crippen LogP contribution in [0.1, 0.15) is 5.56 Å². The molecular weight excluding hydrogens is 418 g/mol. The van der Waals surface area contributed by atoms with Crippen LogP contribution in [-0.4, -0.2) is 29.0 Å². The zero-order valence-corrected chi connectivity index (χ0v) is 17.0. The van der Waals surface area contributed by atoms with Crippen LogP contribution in [0.25, 0.3) is 0 Å². The van der Waals surface area contributed by atoms with Gasteiger partial charge >= 0.3 is 0 Å². The van der Waals surface area contributed by atoms with Crippen LogP contribution in [0, 0.1) is 11.3 Å². The quantitative estimate of drug-likeness (QED) is 0.529. The summed E-state index contributed by atoms with van der Waals surface area (Å²) in [6.07, 6.45) is 0. The third kappa shape index (κ3) is 5.36. The Hall–Kier alpha value is -2.80. The van der Waals surface area contributed by atoms with Crippen molar-refractivity contribution in [1.82, 2.24) is 10.2 Å². The molecule has 0 bridgehead atoms. The zero-order valence-electron chi connectivity index (χ0n) is 14.6. The second-order valence-electron chi connectivity index (χ2n) is 5.37. The van der Waals surface area contributed by atoms with E-state index in [-0.39, 0.29) is 11.7 Å². The maximum Gasteiger partial charge on any atom is 0.234 e. The summed E-state index contributed by atoms with van der Waals surface area (Å²) in [5.74, 6) is 0.744. The molecule has 0 aliphatic carbocycles. The second-order valence-corrected chi connectivity index (χ2v) is 7.98. The highest BCUT2D eigenvalue weighted by Gasteiger charge is 2.10. The van der Waals surface area contributed by atoms with Crippen molar-refractivity contribution in [3.8, 4) is 11.8 Å². The average molecular weight is 432 g/mol. The van der Waals surface area contributed by atoms with Crippen molar-refractivity contribution in [2.45, 2.75) is 4.34 Å². The lowest BCUT2D eigenvalue weighted by molar-refractivity contribution is -0.113. The maximum absolute atomic E-state index is 12.1. The van der Waals surface area contributed by atoms with Crippen LogP contribution in [-0.2, 0) is 4.79 Å². The van der Waals surface area contributed by atoms with E-state index in [9.17, 15) is 4.79 Å². The minimum absolute atomic E-state index is 0.175. The molecule has 7 nitrogen and oxygen atoms in total. The number of nitrogens with zero attached hydrogens (tertiary/aromatic N) is 3. The first-order valence-electron chi connectivity index (χ1n) is 7.94. The molecule has 1 heterocycles. The van der Waals surface area contributed by atoms with Crippen molar-refractivity contribution in [2.75, 3.05) is 23.5 Å². The van der Waals surface area contributed by atoms with Gasteiger partial charge in [-0.15, -0.1) is 10.2 Å². The first-order valence-corrected chi connectivity index (χ1v) is 10.1. The number of thioether (sulfide) groups is 1. The molecule has 0 fully saturated rings. The minimum atomic E-state index is -0.203. The van der Waals surface area contributed by atoms with Gasteiger partial charge in [-0.1, -0.05) is 34.7 Å². The molecule has 0 aliphatic rings. The van der Waals surface area contributed by atoms with Gasteiger partial charge in [-0.2, -0.15) is 5.26 Å². The molecule has 0 unspecified atom stereocenters. The molecule has 10 heteroatoms. The number of halogens is 1. The van der Waals surface area contributed by atoms with Crippen LogP contribution in [0.4, 0.5) is 16.5 Å². The highest BCUT2D eigenvalue weighted by Crippen LogP contribution is 2.28. The van der Waals surface area contributed by atoms with E-state index < -0.39 is 0 Å². The van der Waals surface area contributed by atoms with Crippen molar-refractivity contribution in [3.63, 3.8) is 0 Å². The number of benzene rings is 2. The number of nitriles is 1. The van der Waals surface area contributed by atoms with E-state index in [1.165, 1.54) is 23.1 Å². The molecule has 28 heavy (non-hydrogen) atoms. The van der Waals surface area contributed by atoms with Crippen LogP contribution < -0.4 is 15.4 Å². The van der Waals surface area contributed by atoms with Gasteiger partial charge in [0.15, 0.2) is 4.34 Å². The summed E-state index contributed by atoms with van der Waals surface area (Å²) in [4.78, 5) is 12.1. The number of aromatic nitrogens is 2. The third-order valence-electron chi connectivity index (χ3n) is 3.45. The molecule has 142 valence electrons. The van der Waals surface area contributed by atoms with Crippen LogP contribution in [0.3, 0.4) is 0 Å². The van der Waals surface area contributed by atoms with Gasteiger partial charge in [0.05, 0.1) is 23.4 Å². The molecule has 0 saturated heterocycles. The average Bonchev–Trinajstić information content (AvgIpc) is 3.14. The number of ether oxygens (including phenoxy) is 1. The number of carbonyl (C=O) groups excluding carboxylic acids is 1. The van der Waals surface area contributed by atoms with Gasteiger partial charge < -0.3 is 15.4 Å². The minimum Gasteiger partial charge on any atom is -0.497 e. The van der Waals surface area contributed by atoms with E-state index in [0.717, 1.165) is 11.4 Å². The fourth-order valence-electron chi connectivity index (χ4n) is 2.12. The molecule has 0 saturated carbocycles. The Morgan fingerprint density at radius 1 is 1.25 bits per heavy atom. The van der Waals surface area contributed by atoms with Crippen LogP contribution in [0.2, 0.25) is 5.02 Å². The number of hydrogen-bond donors (Lipinski definition) is 2. The van der Waals surface area contributed by atoms with Crippen LogP contribution in [0.15, 0.2) is 46.8 Å². The first-order chi connectivity index (χ1) is 13.6. The summed E-state index contributed by atoms with van der Waals surface area (Å²) in [6, 6.07) is 14.2.